The molecule has 8 heteroatoms. The summed E-state index contributed by atoms with van der Waals surface area (Å²) in [7, 11) is 0. The maximum Gasteiger partial charge on any atom is 0.272 e. The van der Waals surface area contributed by atoms with E-state index in [0.717, 1.165) is 16.8 Å². The summed E-state index contributed by atoms with van der Waals surface area (Å²) in [6.07, 6.45) is 0.851. The predicted molar refractivity (Wildman–Crippen MR) is 119 cm³/mol. The van der Waals surface area contributed by atoms with E-state index in [1.165, 1.54) is 0 Å². The number of halogens is 2. The fraction of sp³-hybridized carbons (Fsp3) is 0.227. The second-order valence-corrected chi connectivity index (χ2v) is 7.98. The molecular weight excluding hydrogens is 423 g/mol. The van der Waals surface area contributed by atoms with Crippen LogP contribution in [0.25, 0.3) is 11.3 Å². The average Bonchev–Trinajstić information content (AvgIpc) is 3.11. The van der Waals surface area contributed by atoms with Gasteiger partial charge in [-0.05, 0) is 44.2 Å². The van der Waals surface area contributed by atoms with Crippen molar-refractivity contribution in [2.45, 2.75) is 24.8 Å². The first kappa shape index (κ1) is 20.4. The van der Waals surface area contributed by atoms with Crippen molar-refractivity contribution in [3.63, 3.8) is 0 Å². The molecule has 0 saturated heterocycles. The lowest BCUT2D eigenvalue weighted by molar-refractivity contribution is -0.119. The largest absolute Gasteiger partial charge is 0.494 e. The van der Waals surface area contributed by atoms with Crippen LogP contribution in [0.1, 0.15) is 29.1 Å². The number of rotatable bonds is 5. The summed E-state index contributed by atoms with van der Waals surface area (Å²) in [5, 5.41) is 11.6. The van der Waals surface area contributed by atoms with Crippen molar-refractivity contribution in [2.75, 3.05) is 11.9 Å². The van der Waals surface area contributed by atoms with Gasteiger partial charge in [0.1, 0.15) is 10.6 Å². The number of hydrogen-bond donors (Lipinski definition) is 1. The van der Waals surface area contributed by atoms with E-state index in [1.54, 1.807) is 22.9 Å². The molecule has 0 spiro atoms. The van der Waals surface area contributed by atoms with Gasteiger partial charge in [0.25, 0.3) is 5.91 Å². The zero-order valence-electron chi connectivity index (χ0n) is 16.5. The van der Waals surface area contributed by atoms with Gasteiger partial charge in [0.05, 0.1) is 23.7 Å². The minimum atomic E-state index is -0.913. The lowest BCUT2D eigenvalue weighted by atomic mass is 10.0. The first-order valence-corrected chi connectivity index (χ1v) is 10.4. The fourth-order valence-corrected chi connectivity index (χ4v) is 3.81. The van der Waals surface area contributed by atoms with Crippen LogP contribution < -0.4 is 10.1 Å². The minimum absolute atomic E-state index is 0.300. The lowest BCUT2D eigenvalue weighted by Crippen LogP contribution is -2.22. The third kappa shape index (κ3) is 3.93. The van der Waals surface area contributed by atoms with Crippen LogP contribution >= 0.6 is 23.2 Å². The molecule has 0 fully saturated rings. The Hall–Kier alpha value is -2.83. The van der Waals surface area contributed by atoms with Crippen LogP contribution in [-0.2, 0) is 4.79 Å². The average molecular weight is 443 g/mol. The first-order chi connectivity index (χ1) is 14.5. The first-order valence-electron chi connectivity index (χ1n) is 9.52. The molecule has 1 amide bonds. The van der Waals surface area contributed by atoms with Gasteiger partial charge < -0.3 is 14.6 Å². The molecule has 1 atom stereocenters. The van der Waals surface area contributed by atoms with Gasteiger partial charge in [-0.25, -0.2) is 0 Å². The van der Waals surface area contributed by atoms with Crippen LogP contribution in [0.5, 0.6) is 5.75 Å². The topological polar surface area (TPSA) is 68.0 Å². The van der Waals surface area contributed by atoms with Crippen LogP contribution in [0.3, 0.4) is 0 Å². The summed E-state index contributed by atoms with van der Waals surface area (Å²) in [4.78, 5) is 12.3. The standard InChI is InChI=1S/C22H20Cl2N4O2/c1-3-30-15-6-4-5-14(12-15)26-27-21-22(29)25-18-8-7-13(2)11-17(18)19-16(20(23)24)9-10-28(19)21/h4-12,20-21H,3H2,1-2H3,(H,25,29)/t21-/m1/s1. The summed E-state index contributed by atoms with van der Waals surface area (Å²) in [6, 6.07) is 14.9. The number of benzene rings is 2. The van der Waals surface area contributed by atoms with E-state index in [2.05, 4.69) is 15.5 Å². The molecular formula is C22H20Cl2N4O2. The minimum Gasteiger partial charge on any atom is -0.494 e. The molecule has 0 radical (unpaired) electrons. The molecule has 0 aliphatic carbocycles. The molecule has 4 rings (SSSR count). The second-order valence-electron chi connectivity index (χ2n) is 6.89. The summed E-state index contributed by atoms with van der Waals surface area (Å²) in [5.41, 5.74) is 4.61. The molecule has 2 aromatic carbocycles. The summed E-state index contributed by atoms with van der Waals surface area (Å²) < 4.78 is 7.26. The van der Waals surface area contributed by atoms with Gasteiger partial charge in [0.15, 0.2) is 0 Å². The molecule has 2 heterocycles. The Kier molecular flexibility index (Phi) is 5.79. The number of fused-ring (bicyclic) bond motifs is 3. The van der Waals surface area contributed by atoms with Crippen LogP contribution in [0.15, 0.2) is 65.0 Å². The predicted octanol–water partition coefficient (Wildman–Crippen LogP) is 6.57. The van der Waals surface area contributed by atoms with Crippen molar-refractivity contribution >= 4 is 40.5 Å². The molecule has 1 N–H and O–H groups in total. The molecule has 1 aliphatic heterocycles. The monoisotopic (exact) mass is 442 g/mol. The number of nitrogens with zero attached hydrogens (tertiary/aromatic N) is 3. The number of hydrogen-bond acceptors (Lipinski definition) is 4. The molecule has 3 aromatic rings. The molecule has 0 bridgehead atoms. The number of ether oxygens (including phenoxy) is 1. The molecule has 0 unspecified atom stereocenters. The number of carbonyl (C=O) groups excluding carboxylic acids is 1. The van der Waals surface area contributed by atoms with Gasteiger partial charge in [-0.15, -0.1) is 0 Å². The Morgan fingerprint density at radius 1 is 1.20 bits per heavy atom. The number of nitrogens with one attached hydrogen (secondary N) is 1. The summed E-state index contributed by atoms with van der Waals surface area (Å²) in [5.74, 6) is 0.393. The van der Waals surface area contributed by atoms with Crippen molar-refractivity contribution in [3.8, 4) is 17.0 Å². The third-order valence-electron chi connectivity index (χ3n) is 4.78. The smallest absolute Gasteiger partial charge is 0.272 e. The van der Waals surface area contributed by atoms with E-state index in [4.69, 9.17) is 27.9 Å². The van der Waals surface area contributed by atoms with Crippen molar-refractivity contribution in [1.82, 2.24) is 4.57 Å². The van der Waals surface area contributed by atoms with Crippen molar-refractivity contribution in [3.05, 3.63) is 65.9 Å². The zero-order chi connectivity index (χ0) is 21.3. The second kappa shape index (κ2) is 8.50. The zero-order valence-corrected chi connectivity index (χ0v) is 18.0. The van der Waals surface area contributed by atoms with Crippen molar-refractivity contribution in [1.29, 1.82) is 0 Å². The third-order valence-corrected chi connectivity index (χ3v) is 5.25. The van der Waals surface area contributed by atoms with E-state index in [-0.39, 0.29) is 5.91 Å². The van der Waals surface area contributed by atoms with Gasteiger partial charge in [0, 0.05) is 23.4 Å². The normalized spacial score (nSPS) is 15.6. The molecule has 154 valence electrons. The molecule has 30 heavy (non-hydrogen) atoms. The van der Waals surface area contributed by atoms with Gasteiger partial charge >= 0.3 is 0 Å². The highest BCUT2D eigenvalue weighted by atomic mass is 35.5. The number of azo groups is 1. The van der Waals surface area contributed by atoms with Gasteiger partial charge in [-0.1, -0.05) is 40.9 Å². The molecule has 0 saturated carbocycles. The van der Waals surface area contributed by atoms with E-state index < -0.39 is 11.0 Å². The van der Waals surface area contributed by atoms with E-state index in [9.17, 15) is 4.79 Å². The molecule has 1 aliphatic rings. The number of alkyl halides is 2. The maximum absolute atomic E-state index is 13.0. The Labute approximate surface area is 184 Å². The van der Waals surface area contributed by atoms with Gasteiger partial charge in [0.2, 0.25) is 6.17 Å². The number of aromatic nitrogens is 1. The van der Waals surface area contributed by atoms with E-state index >= 15 is 0 Å². The Balaban J connectivity index is 1.79. The summed E-state index contributed by atoms with van der Waals surface area (Å²) >= 11 is 12.4. The van der Waals surface area contributed by atoms with Gasteiger partial charge in [-0.3, -0.25) is 4.79 Å². The van der Waals surface area contributed by atoms with Crippen molar-refractivity contribution < 1.29 is 9.53 Å². The highest BCUT2D eigenvalue weighted by Crippen LogP contribution is 2.42. The van der Waals surface area contributed by atoms with Crippen LogP contribution in [0, 0.1) is 6.92 Å². The van der Waals surface area contributed by atoms with Crippen molar-refractivity contribution in [2.24, 2.45) is 10.2 Å². The quantitative estimate of drug-likeness (QED) is 0.358. The van der Waals surface area contributed by atoms with Crippen LogP contribution in [-0.4, -0.2) is 17.1 Å². The summed E-state index contributed by atoms with van der Waals surface area (Å²) in [6.45, 7) is 4.45. The highest BCUT2D eigenvalue weighted by molar-refractivity contribution is 6.44. The van der Waals surface area contributed by atoms with Crippen LogP contribution in [0.2, 0.25) is 0 Å². The van der Waals surface area contributed by atoms with Crippen LogP contribution in [0.4, 0.5) is 11.4 Å². The number of aryl methyl sites for hydroxylation is 1. The molecule has 1 aromatic heterocycles. The fourth-order valence-electron chi connectivity index (χ4n) is 3.46. The number of carbonyl (C=O) groups is 1. The Bertz CT molecular complexity index is 1120. The highest BCUT2D eigenvalue weighted by Gasteiger charge is 2.31. The Morgan fingerprint density at radius 2 is 2.03 bits per heavy atom. The SMILES string of the molecule is CCOc1cccc(N=N[C@H]2C(=O)Nc3ccc(C)cc3-c3c(C(Cl)Cl)ccn32)c1. The maximum atomic E-state index is 13.0. The van der Waals surface area contributed by atoms with E-state index in [0.29, 0.717) is 29.3 Å². The van der Waals surface area contributed by atoms with Gasteiger partial charge in [-0.2, -0.15) is 10.2 Å². The number of anilines is 1. The van der Waals surface area contributed by atoms with E-state index in [1.807, 2.05) is 50.2 Å². The Morgan fingerprint density at radius 3 is 2.80 bits per heavy atom. The lowest BCUT2D eigenvalue weighted by Gasteiger charge is -2.14. The number of amides is 1. The molecule has 6 nitrogen and oxygen atoms in total.